The Bertz CT molecular complexity index is 3640. The Morgan fingerprint density at radius 1 is 0.512 bits per heavy atom. The lowest BCUT2D eigenvalue weighted by atomic mass is 9.82. The number of nitrogen functional groups attached to an aromatic ring is 1. The molecule has 8 aromatic heterocycles. The van der Waals surface area contributed by atoms with E-state index in [-0.39, 0.29) is 79.5 Å². The van der Waals surface area contributed by atoms with Gasteiger partial charge < -0.3 is 42.1 Å². The minimum Gasteiger partial charge on any atom is -0.397 e. The highest BCUT2D eigenvalue weighted by Crippen LogP contribution is 2.45. The summed E-state index contributed by atoms with van der Waals surface area (Å²) in [6, 6.07) is 14.0. The average Bonchev–Trinajstić information content (AvgIpc) is 4.35. The summed E-state index contributed by atoms with van der Waals surface area (Å²) in [5, 5.41) is 54.3. The van der Waals surface area contributed by atoms with E-state index in [1.54, 1.807) is 55.0 Å². The van der Waals surface area contributed by atoms with Crippen LogP contribution in [0.2, 0.25) is 0 Å². The number of pyridine rings is 4. The van der Waals surface area contributed by atoms with Crippen LogP contribution in [0.5, 0.6) is 0 Å². The normalized spacial score (nSPS) is 20.5. The molecule has 12 rings (SSSR count). The molecule has 434 valence electrons. The van der Waals surface area contributed by atoms with Crippen molar-refractivity contribution in [3.05, 3.63) is 116 Å². The molecule has 6 unspecified atom stereocenters. The molecule has 2 saturated carbocycles. The molecule has 24 nitrogen and oxygen atoms in total. The summed E-state index contributed by atoms with van der Waals surface area (Å²) >= 11 is 5.41. The maximum atomic E-state index is 15.2. The van der Waals surface area contributed by atoms with Crippen molar-refractivity contribution in [2.45, 2.75) is 119 Å². The fourth-order valence-corrected chi connectivity index (χ4v) is 14.4. The van der Waals surface area contributed by atoms with Crippen LogP contribution < -0.4 is 42.1 Å². The predicted molar refractivity (Wildman–Crippen MR) is 315 cm³/mol. The van der Waals surface area contributed by atoms with E-state index in [1.165, 1.54) is 51.5 Å². The van der Waals surface area contributed by atoms with Crippen LogP contribution in [0.4, 0.5) is 52.1 Å². The molecule has 2 aliphatic carbocycles. The molecule has 8 aromatic rings. The van der Waals surface area contributed by atoms with Gasteiger partial charge in [0.1, 0.15) is 32.4 Å². The minimum absolute atomic E-state index is 0.0112. The van der Waals surface area contributed by atoms with Crippen LogP contribution in [0.15, 0.2) is 73.3 Å². The number of nitrogens with zero attached hydrogens (tertiary/aromatic N) is 14. The highest BCUT2D eigenvalue weighted by Gasteiger charge is 2.40. The van der Waals surface area contributed by atoms with Gasteiger partial charge >= 0.3 is 0 Å². The number of carbonyl (C=O) groups is 4. The molecule has 7 N–H and O–H groups in total. The Labute approximate surface area is 495 Å². The highest BCUT2D eigenvalue weighted by molar-refractivity contribution is 7.16. The number of aromatic nitrogens is 12. The molecular formula is C54H56F2N20O4S4. The van der Waals surface area contributed by atoms with Gasteiger partial charge in [0.25, 0.3) is 0 Å². The van der Waals surface area contributed by atoms with Gasteiger partial charge in [-0.05, 0) is 87.1 Å². The van der Waals surface area contributed by atoms with Gasteiger partial charge in [0.2, 0.25) is 44.2 Å². The molecule has 0 bridgehead atoms. The average molecular weight is 1220 g/mol. The molecule has 30 heteroatoms. The maximum absolute atomic E-state index is 15.2. The molecule has 4 fully saturated rings. The molecular weight excluding hydrogens is 1160 g/mol. The Kier molecular flexibility index (Phi) is 17.0. The molecule has 0 spiro atoms. The summed E-state index contributed by atoms with van der Waals surface area (Å²) in [4.78, 5) is 73.2. The first-order valence-electron chi connectivity index (χ1n) is 27.5. The van der Waals surface area contributed by atoms with Gasteiger partial charge in [0, 0.05) is 58.8 Å². The zero-order valence-electron chi connectivity index (χ0n) is 44.9. The highest BCUT2D eigenvalue weighted by atomic mass is 32.1. The first-order chi connectivity index (χ1) is 40.8. The second kappa shape index (κ2) is 25.3. The van der Waals surface area contributed by atoms with Crippen molar-refractivity contribution >= 4 is 112 Å². The van der Waals surface area contributed by atoms with Crippen molar-refractivity contribution in [2.24, 2.45) is 0 Å². The largest absolute Gasteiger partial charge is 0.397 e. The van der Waals surface area contributed by atoms with Crippen LogP contribution in [-0.4, -0.2) is 122 Å². The maximum Gasteiger partial charge on any atom is 0.232 e. The van der Waals surface area contributed by atoms with Crippen molar-refractivity contribution in [1.82, 2.24) is 60.7 Å². The zero-order valence-corrected chi connectivity index (χ0v) is 48.2. The van der Waals surface area contributed by atoms with Crippen molar-refractivity contribution in [3.8, 4) is 0 Å². The first kappa shape index (κ1) is 56.3. The number of hydrogen-bond donors (Lipinski definition) is 6. The summed E-state index contributed by atoms with van der Waals surface area (Å²) in [7, 11) is 0. The lowest BCUT2D eigenvalue weighted by molar-refractivity contribution is -0.116. The van der Waals surface area contributed by atoms with Gasteiger partial charge in [-0.3, -0.25) is 39.1 Å². The van der Waals surface area contributed by atoms with Crippen LogP contribution in [-0.2, 0) is 44.9 Å². The fraction of sp³-hybridized carbons (Fsp3) is 0.407. The monoisotopic (exact) mass is 1210 g/mol. The van der Waals surface area contributed by atoms with Crippen molar-refractivity contribution in [3.63, 3.8) is 0 Å². The summed E-state index contributed by atoms with van der Waals surface area (Å²) in [6.07, 6.45) is 10.8. The van der Waals surface area contributed by atoms with E-state index in [9.17, 15) is 23.6 Å². The number of hydrogen-bond acceptors (Lipinski definition) is 24. The molecule has 2 saturated heterocycles. The van der Waals surface area contributed by atoms with Crippen LogP contribution >= 0.6 is 45.3 Å². The van der Waals surface area contributed by atoms with Crippen molar-refractivity contribution in [1.29, 1.82) is 0 Å². The summed E-state index contributed by atoms with van der Waals surface area (Å²) in [5.41, 5.74) is 10.5. The number of carbonyl (C=O) groups excluding carboxylic acids is 4. The van der Waals surface area contributed by atoms with Gasteiger partial charge in [0.15, 0.2) is 6.17 Å². The summed E-state index contributed by atoms with van der Waals surface area (Å²) in [6.45, 7) is 0.811. The van der Waals surface area contributed by atoms with Gasteiger partial charge in [-0.25, -0.2) is 8.78 Å². The van der Waals surface area contributed by atoms with E-state index in [4.69, 9.17) is 5.73 Å². The predicted octanol–water partition coefficient (Wildman–Crippen LogP) is 7.62. The number of nitrogens with two attached hydrogens (primary N) is 1. The van der Waals surface area contributed by atoms with Crippen molar-refractivity contribution in [2.75, 3.05) is 61.8 Å². The first-order valence-corrected chi connectivity index (χ1v) is 30.8. The van der Waals surface area contributed by atoms with E-state index >= 15 is 4.39 Å². The summed E-state index contributed by atoms with van der Waals surface area (Å²) < 4.78 is 28.6. The van der Waals surface area contributed by atoms with Crippen LogP contribution in [0.25, 0.3) is 0 Å². The van der Waals surface area contributed by atoms with Gasteiger partial charge in [-0.2, -0.15) is 0 Å². The zero-order chi connectivity index (χ0) is 57.7. The number of rotatable bonds is 20. The van der Waals surface area contributed by atoms with E-state index in [2.05, 4.69) is 87.3 Å². The third-order valence-corrected chi connectivity index (χ3v) is 19.0. The Hall–Kier alpha value is -8.22. The molecule has 0 aromatic carbocycles. The van der Waals surface area contributed by atoms with E-state index in [0.717, 1.165) is 77.1 Å². The molecule has 10 heterocycles. The second-order valence-electron chi connectivity index (χ2n) is 21.2. The summed E-state index contributed by atoms with van der Waals surface area (Å²) in [5.74, 6) is -0.627. The van der Waals surface area contributed by atoms with Crippen LogP contribution in [0, 0.1) is 0 Å². The van der Waals surface area contributed by atoms with Crippen molar-refractivity contribution < 1.29 is 28.0 Å². The van der Waals surface area contributed by atoms with Gasteiger partial charge in [-0.15, -0.1) is 40.8 Å². The third kappa shape index (κ3) is 13.9. The number of alkyl halides is 2. The van der Waals surface area contributed by atoms with E-state index < -0.39 is 18.5 Å². The second-order valence-corrected chi connectivity index (χ2v) is 25.2. The quantitative estimate of drug-likeness (QED) is 0.0427. The SMILES string of the molecule is Nc1ccc(CC(=O)Nc2nnc(C3CCCC(c4nnc(NC(=O)Cc5ccc(NC6C(F)CN6c6ccnc(CC(=O)Nc7nnc(C8CCCC(c9nnc(NC(=O)Cc%10cc(N%11CC(F)C%11)ccn%10)s9)C8)s7)c6)cn5)s4)C3)s2)nc1. The molecule has 4 aliphatic rings. The fourth-order valence-electron chi connectivity index (χ4n) is 10.7. The van der Waals surface area contributed by atoms with E-state index in [0.29, 0.717) is 73.5 Å². The topological polar surface area (TPSA) is 316 Å². The Morgan fingerprint density at radius 3 is 1.36 bits per heavy atom. The number of nitrogens with one attached hydrogen (secondary N) is 5. The molecule has 2 aliphatic heterocycles. The number of amides is 4. The number of halogens is 2. The Balaban J connectivity index is 0.573. The smallest absolute Gasteiger partial charge is 0.232 e. The molecule has 0 radical (unpaired) electrons. The Morgan fingerprint density at radius 2 is 0.940 bits per heavy atom. The molecule has 84 heavy (non-hydrogen) atoms. The minimum atomic E-state index is -1.19. The van der Waals surface area contributed by atoms with Crippen LogP contribution in [0.1, 0.15) is 118 Å². The lowest BCUT2D eigenvalue weighted by Crippen LogP contribution is -2.62. The lowest BCUT2D eigenvalue weighted by Gasteiger charge is -2.46. The molecule has 6 atom stereocenters. The van der Waals surface area contributed by atoms with Gasteiger partial charge in [-0.1, -0.05) is 58.2 Å². The van der Waals surface area contributed by atoms with Crippen LogP contribution in [0.3, 0.4) is 0 Å². The molecule has 4 amide bonds. The number of anilines is 8. The van der Waals surface area contributed by atoms with E-state index in [1.807, 2.05) is 21.9 Å². The van der Waals surface area contributed by atoms with Gasteiger partial charge in [0.05, 0.1) is 80.5 Å². The standard InChI is InChI=1S/C54H56F2N20O4S4/c55-32-25-75(26-32)39-11-13-58-37(17-39)21-44(79)65-53-73-69-49(83-53)30-5-2-6-31(16-30)50-70-74-54(84-50)66-45(80)22-38-18-40(12-14-59-38)76-27-41(56)46(76)62-36-10-9-35(61-24-36)20-43(78)64-52-72-68-48(82-52)29-4-1-3-28(15-29)47-67-71-51(81-47)63-42(77)19-34-8-7-33(57)23-60-34/h7-14,17-18,23-24,28-32,41,46,62H,1-6,15-16,19-22,25-27,57H2,(H,63,71,77)(H,64,72,78)(H,65,73,79)(H,66,74,80). The third-order valence-electron chi connectivity index (χ3n) is 15.0.